The topological polar surface area (TPSA) is 0 Å². The van der Waals surface area contributed by atoms with Gasteiger partial charge in [0, 0.05) is 0 Å². The molecule has 204 valence electrons. The minimum atomic E-state index is 0.430. The van der Waals surface area contributed by atoms with Crippen LogP contribution in [0.3, 0.4) is 0 Å². The highest BCUT2D eigenvalue weighted by Crippen LogP contribution is 2.45. The Labute approximate surface area is 238 Å². The van der Waals surface area contributed by atoms with Gasteiger partial charge in [-0.15, -0.1) is 0 Å². The van der Waals surface area contributed by atoms with E-state index in [1.807, 2.05) is 0 Å². The maximum Gasteiger partial charge on any atom is -0.00237 e. The summed E-state index contributed by atoms with van der Waals surface area (Å²) >= 11 is 0. The molecule has 0 saturated carbocycles. The van der Waals surface area contributed by atoms with E-state index in [-0.39, 0.29) is 0 Å². The first-order chi connectivity index (χ1) is 18.9. The van der Waals surface area contributed by atoms with Crippen molar-refractivity contribution >= 4 is 0 Å². The molecule has 0 aromatic heterocycles. The summed E-state index contributed by atoms with van der Waals surface area (Å²) in [7, 11) is 0. The predicted octanol–water partition coefficient (Wildman–Crippen LogP) is 11.8. The molecule has 0 amide bonds. The zero-order chi connectivity index (χ0) is 27.9. The first-order valence-corrected chi connectivity index (χ1v) is 15.4. The van der Waals surface area contributed by atoms with Crippen LogP contribution in [0.25, 0.3) is 33.4 Å². The van der Waals surface area contributed by atoms with Crippen LogP contribution in [-0.2, 0) is 19.3 Å². The number of hydrogen-bond donors (Lipinski definition) is 0. The Bertz CT molecular complexity index is 1340. The lowest BCUT2D eigenvalue weighted by molar-refractivity contribution is 0.866. The van der Waals surface area contributed by atoms with E-state index in [1.54, 1.807) is 0 Å². The van der Waals surface area contributed by atoms with Gasteiger partial charge in [0.15, 0.2) is 0 Å². The third kappa shape index (κ3) is 6.73. The molecule has 4 rings (SSSR count). The van der Waals surface area contributed by atoms with E-state index in [2.05, 4.69) is 127 Å². The number of hydrogen-bond acceptors (Lipinski definition) is 0. The van der Waals surface area contributed by atoms with Crippen molar-refractivity contribution in [3.05, 3.63) is 107 Å². The smallest absolute Gasteiger partial charge is 0.00237 e. The molecular formula is C39H48. The van der Waals surface area contributed by atoms with Crippen LogP contribution in [0, 0.1) is 0 Å². The van der Waals surface area contributed by atoms with Crippen molar-refractivity contribution in [2.24, 2.45) is 0 Å². The molecule has 4 aromatic rings. The normalized spacial score (nSPS) is 11.5. The lowest BCUT2D eigenvalue weighted by Gasteiger charge is -2.23. The van der Waals surface area contributed by atoms with Gasteiger partial charge >= 0.3 is 0 Å². The van der Waals surface area contributed by atoms with Gasteiger partial charge in [-0.25, -0.2) is 0 Å². The highest BCUT2D eigenvalue weighted by atomic mass is 14.2. The zero-order valence-electron chi connectivity index (χ0n) is 25.4. The fraction of sp³-hybridized carbons (Fsp3) is 0.385. The zero-order valence-corrected chi connectivity index (χ0v) is 25.4. The van der Waals surface area contributed by atoms with E-state index in [0.717, 1.165) is 32.1 Å². The van der Waals surface area contributed by atoms with Crippen LogP contribution >= 0.6 is 0 Å². The third-order valence-electron chi connectivity index (χ3n) is 7.92. The lowest BCUT2D eigenvalue weighted by Crippen LogP contribution is -2.00. The largest absolute Gasteiger partial charge is 0.0651 e. The summed E-state index contributed by atoms with van der Waals surface area (Å²) in [5, 5.41) is 0. The van der Waals surface area contributed by atoms with Crippen LogP contribution in [0.5, 0.6) is 0 Å². The minimum absolute atomic E-state index is 0.430. The molecule has 0 aliphatic rings. The van der Waals surface area contributed by atoms with Crippen molar-refractivity contribution in [2.75, 3.05) is 0 Å². The Morgan fingerprint density at radius 2 is 1.10 bits per heavy atom. The minimum Gasteiger partial charge on any atom is -0.0651 e. The highest BCUT2D eigenvalue weighted by Gasteiger charge is 2.21. The van der Waals surface area contributed by atoms with Gasteiger partial charge in [0.25, 0.3) is 0 Å². The highest BCUT2D eigenvalue weighted by molar-refractivity contribution is 5.96. The van der Waals surface area contributed by atoms with Crippen LogP contribution in [0.4, 0.5) is 0 Å². The second-order valence-corrected chi connectivity index (χ2v) is 11.9. The Kier molecular flexibility index (Phi) is 9.84. The molecule has 0 aliphatic heterocycles. The summed E-state index contributed by atoms with van der Waals surface area (Å²) in [5.41, 5.74) is 15.3. The second-order valence-electron chi connectivity index (χ2n) is 11.9. The molecule has 0 aliphatic carbocycles. The van der Waals surface area contributed by atoms with Crippen LogP contribution in [0.15, 0.2) is 78.9 Å². The van der Waals surface area contributed by atoms with E-state index < -0.39 is 0 Å². The van der Waals surface area contributed by atoms with Gasteiger partial charge in [-0.3, -0.25) is 0 Å². The summed E-state index contributed by atoms with van der Waals surface area (Å²) in [6, 6.07) is 30.8. The summed E-state index contributed by atoms with van der Waals surface area (Å²) in [6.45, 7) is 16.1. The molecule has 0 atom stereocenters. The summed E-state index contributed by atoms with van der Waals surface area (Å²) in [4.78, 5) is 0. The molecule has 0 heteroatoms. The van der Waals surface area contributed by atoms with Crippen LogP contribution in [-0.4, -0.2) is 0 Å². The van der Waals surface area contributed by atoms with Crippen LogP contribution < -0.4 is 0 Å². The molecule has 0 unspecified atom stereocenters. The Morgan fingerprint density at radius 3 is 1.67 bits per heavy atom. The summed E-state index contributed by atoms with van der Waals surface area (Å²) in [5.74, 6) is 0.928. The van der Waals surface area contributed by atoms with Gasteiger partial charge in [-0.1, -0.05) is 147 Å². The molecule has 0 spiro atoms. The van der Waals surface area contributed by atoms with Gasteiger partial charge in [0.2, 0.25) is 0 Å². The molecule has 0 nitrogen and oxygen atoms in total. The first kappa shape index (κ1) is 28.9. The molecule has 4 aromatic carbocycles. The Hall–Kier alpha value is -3.12. The van der Waals surface area contributed by atoms with Gasteiger partial charge < -0.3 is 0 Å². The van der Waals surface area contributed by atoms with E-state index >= 15 is 0 Å². The van der Waals surface area contributed by atoms with Gasteiger partial charge in [0.05, 0.1) is 0 Å². The van der Waals surface area contributed by atoms with Crippen molar-refractivity contribution < 1.29 is 0 Å². The summed E-state index contributed by atoms with van der Waals surface area (Å²) in [6.07, 6.45) is 6.87. The predicted molar refractivity (Wildman–Crippen MR) is 173 cm³/mol. The molecular weight excluding hydrogens is 468 g/mol. The van der Waals surface area contributed by atoms with E-state index in [4.69, 9.17) is 0 Å². The SMILES string of the molecule is CCCc1ccc(-c2c(C(C)C)ccc(-c3cccc(C(C)C)c3)c2-c2cc(CCC)cc(CCC)c2)cc1. The fourth-order valence-electron chi connectivity index (χ4n) is 5.92. The van der Waals surface area contributed by atoms with Crippen molar-refractivity contribution in [3.63, 3.8) is 0 Å². The lowest BCUT2D eigenvalue weighted by atomic mass is 9.80. The van der Waals surface area contributed by atoms with E-state index in [1.165, 1.54) is 67.6 Å². The van der Waals surface area contributed by atoms with Gasteiger partial charge in [-0.2, -0.15) is 0 Å². The number of aryl methyl sites for hydroxylation is 3. The van der Waals surface area contributed by atoms with Crippen molar-refractivity contribution in [1.82, 2.24) is 0 Å². The number of benzene rings is 4. The monoisotopic (exact) mass is 516 g/mol. The van der Waals surface area contributed by atoms with Crippen molar-refractivity contribution in [2.45, 2.75) is 98.8 Å². The maximum absolute atomic E-state index is 2.48. The third-order valence-corrected chi connectivity index (χ3v) is 7.92. The van der Waals surface area contributed by atoms with E-state index in [9.17, 15) is 0 Å². The van der Waals surface area contributed by atoms with Gasteiger partial charge in [0.1, 0.15) is 0 Å². The van der Waals surface area contributed by atoms with Crippen molar-refractivity contribution in [3.8, 4) is 33.4 Å². The van der Waals surface area contributed by atoms with Gasteiger partial charge in [-0.05, 0) is 92.3 Å². The maximum atomic E-state index is 2.48. The average Bonchev–Trinajstić information content (AvgIpc) is 2.93. The van der Waals surface area contributed by atoms with Crippen LogP contribution in [0.1, 0.15) is 107 Å². The second kappa shape index (κ2) is 13.3. The molecule has 0 saturated heterocycles. The van der Waals surface area contributed by atoms with E-state index in [0.29, 0.717) is 11.8 Å². The average molecular weight is 517 g/mol. The molecule has 39 heavy (non-hydrogen) atoms. The number of rotatable bonds is 11. The Morgan fingerprint density at radius 1 is 0.487 bits per heavy atom. The molecule has 0 fully saturated rings. The quantitative estimate of drug-likeness (QED) is 0.186. The summed E-state index contributed by atoms with van der Waals surface area (Å²) < 4.78 is 0. The molecule has 0 bridgehead atoms. The molecule has 0 radical (unpaired) electrons. The Balaban J connectivity index is 2.09. The first-order valence-electron chi connectivity index (χ1n) is 15.4. The fourth-order valence-corrected chi connectivity index (χ4v) is 5.92. The van der Waals surface area contributed by atoms with Crippen LogP contribution in [0.2, 0.25) is 0 Å². The molecule has 0 heterocycles. The van der Waals surface area contributed by atoms with Crippen molar-refractivity contribution in [1.29, 1.82) is 0 Å². The standard InChI is InChI=1S/C39H48/c1-8-12-29-17-19-32(20-18-29)38-36(28(6)7)21-22-37(34-16-11-15-33(26-34)27(4)5)39(38)35-24-30(13-9-2)23-31(25-35)14-10-3/h11,15-28H,8-10,12-14H2,1-7H3. The molecule has 0 N–H and O–H groups in total.